The van der Waals surface area contributed by atoms with Crippen LogP contribution in [0.25, 0.3) is 0 Å². The molecule has 33 heavy (non-hydrogen) atoms. The lowest BCUT2D eigenvalue weighted by molar-refractivity contribution is 0.0220. The minimum atomic E-state index is -0.846. The molecule has 0 saturated heterocycles. The van der Waals surface area contributed by atoms with Crippen molar-refractivity contribution in [2.45, 2.75) is 53.2 Å². The molecule has 0 spiro atoms. The van der Waals surface area contributed by atoms with Crippen molar-refractivity contribution in [3.8, 4) is 5.75 Å². The Morgan fingerprint density at radius 2 is 1.73 bits per heavy atom. The molecule has 2 aromatic carbocycles. The second kappa shape index (κ2) is 13.3. The lowest BCUT2D eigenvalue weighted by Crippen LogP contribution is -2.28. The molecule has 0 heterocycles. The first-order valence-electron chi connectivity index (χ1n) is 11.0. The number of amides is 1. The van der Waals surface area contributed by atoms with Crippen molar-refractivity contribution in [2.24, 2.45) is 0 Å². The topological polar surface area (TPSA) is 83.1 Å². The van der Waals surface area contributed by atoms with Crippen molar-refractivity contribution < 1.29 is 28.6 Å². The molecule has 0 fully saturated rings. The van der Waals surface area contributed by atoms with Gasteiger partial charge in [0.25, 0.3) is 0 Å². The summed E-state index contributed by atoms with van der Waals surface area (Å²) in [5.41, 5.74) is 6.12. The van der Waals surface area contributed by atoms with E-state index in [4.69, 9.17) is 19.0 Å². The maximum Gasteiger partial charge on any atom is 0.441 e. The van der Waals surface area contributed by atoms with Crippen LogP contribution in [0.1, 0.15) is 52.4 Å². The molecule has 7 nitrogen and oxygen atoms in total. The molecule has 1 unspecified atom stereocenters. The molecule has 2 rings (SSSR count). The van der Waals surface area contributed by atoms with Gasteiger partial charge in [0, 0.05) is 0 Å². The summed E-state index contributed by atoms with van der Waals surface area (Å²) in [4.78, 5) is 29.0. The van der Waals surface area contributed by atoms with Crippen molar-refractivity contribution in [1.82, 2.24) is 5.48 Å². The molecule has 2 aromatic rings. The van der Waals surface area contributed by atoms with Gasteiger partial charge in [-0.05, 0) is 62.1 Å². The Morgan fingerprint density at radius 3 is 2.33 bits per heavy atom. The average Bonchev–Trinajstić information content (AvgIpc) is 2.78. The predicted molar refractivity (Wildman–Crippen MR) is 126 cm³/mol. The molecule has 0 aromatic heterocycles. The molecule has 1 N–H and O–H groups in total. The number of nitrogens with one attached hydrogen (secondary N) is 1. The van der Waals surface area contributed by atoms with Gasteiger partial charge in [-0.15, -0.1) is 5.48 Å². The number of carbonyl (C=O) groups excluding carboxylic acids is 2. The number of hydrogen-bond acceptors (Lipinski definition) is 6. The summed E-state index contributed by atoms with van der Waals surface area (Å²) in [6, 6.07) is 11.5. The number of ether oxygens (including phenoxy) is 3. The molecule has 178 valence electrons. The summed E-state index contributed by atoms with van der Waals surface area (Å²) in [5, 5.41) is 0. The Bertz CT molecular complexity index is 929. The number of rotatable bonds is 10. The zero-order valence-electron chi connectivity index (χ0n) is 20.0. The fourth-order valence-corrected chi connectivity index (χ4v) is 3.45. The minimum absolute atomic E-state index is 0.0259. The molecular weight excluding hydrogens is 422 g/mol. The largest absolute Gasteiger partial charge is 0.497 e. The summed E-state index contributed by atoms with van der Waals surface area (Å²) >= 11 is 0. The monoisotopic (exact) mass is 455 g/mol. The van der Waals surface area contributed by atoms with Gasteiger partial charge in [-0.25, -0.2) is 9.59 Å². The van der Waals surface area contributed by atoms with E-state index in [1.807, 2.05) is 68.7 Å². The van der Waals surface area contributed by atoms with Crippen LogP contribution in [0.2, 0.25) is 0 Å². The molecule has 0 bridgehead atoms. The number of aryl methyl sites for hydroxylation is 3. The zero-order valence-corrected chi connectivity index (χ0v) is 20.0. The highest BCUT2D eigenvalue weighted by atomic mass is 16.7. The van der Waals surface area contributed by atoms with Gasteiger partial charge in [-0.1, -0.05) is 49.2 Å². The summed E-state index contributed by atoms with van der Waals surface area (Å²) in [7, 11) is 1.63. The van der Waals surface area contributed by atoms with Crippen LogP contribution in [0.4, 0.5) is 4.79 Å². The van der Waals surface area contributed by atoms with Crippen LogP contribution in [0.3, 0.4) is 0 Å². The van der Waals surface area contributed by atoms with Gasteiger partial charge >= 0.3 is 12.1 Å². The number of methoxy groups -OCH3 is 1. The van der Waals surface area contributed by atoms with Gasteiger partial charge in [-0.3, -0.25) is 0 Å². The fourth-order valence-electron chi connectivity index (χ4n) is 3.45. The SMILES string of the molecule is CCCC(/C=C\COC(=O)NOC(=O)c1c(C)cc(C)cc1C)OCc1ccc(OC)cc1. The van der Waals surface area contributed by atoms with Crippen LogP contribution in [-0.4, -0.2) is 31.9 Å². The molecule has 1 atom stereocenters. The highest BCUT2D eigenvalue weighted by molar-refractivity contribution is 5.93. The third-order valence-electron chi connectivity index (χ3n) is 4.97. The summed E-state index contributed by atoms with van der Waals surface area (Å²) < 4.78 is 16.2. The highest BCUT2D eigenvalue weighted by Gasteiger charge is 2.16. The van der Waals surface area contributed by atoms with Crippen LogP contribution >= 0.6 is 0 Å². The Labute approximate surface area is 195 Å². The average molecular weight is 456 g/mol. The van der Waals surface area contributed by atoms with E-state index in [0.29, 0.717) is 12.2 Å². The second-order valence-corrected chi connectivity index (χ2v) is 7.78. The number of hydroxylamine groups is 1. The van der Waals surface area contributed by atoms with E-state index >= 15 is 0 Å². The summed E-state index contributed by atoms with van der Waals surface area (Å²) in [6.45, 7) is 8.17. The fraction of sp³-hybridized carbons (Fsp3) is 0.385. The molecule has 7 heteroatoms. The maximum absolute atomic E-state index is 12.3. The third-order valence-corrected chi connectivity index (χ3v) is 4.97. The first-order valence-corrected chi connectivity index (χ1v) is 11.0. The van der Waals surface area contributed by atoms with Crippen LogP contribution in [-0.2, 0) is 20.9 Å². The first-order chi connectivity index (χ1) is 15.8. The Kier molecular flexibility index (Phi) is 10.4. The third kappa shape index (κ3) is 8.61. The molecule has 0 saturated carbocycles. The zero-order chi connectivity index (χ0) is 24.2. The van der Waals surface area contributed by atoms with E-state index in [1.54, 1.807) is 13.2 Å². The molecule has 0 aliphatic heterocycles. The number of hydrogen-bond donors (Lipinski definition) is 1. The molecule has 0 radical (unpaired) electrons. The minimum Gasteiger partial charge on any atom is -0.497 e. The Hall–Kier alpha value is -3.32. The van der Waals surface area contributed by atoms with Gasteiger partial charge in [0.05, 0.1) is 25.4 Å². The second-order valence-electron chi connectivity index (χ2n) is 7.78. The van der Waals surface area contributed by atoms with Crippen molar-refractivity contribution in [2.75, 3.05) is 13.7 Å². The van der Waals surface area contributed by atoms with Gasteiger partial charge in [-0.2, -0.15) is 0 Å². The predicted octanol–water partition coefficient (Wildman–Crippen LogP) is 5.36. The van der Waals surface area contributed by atoms with Crippen LogP contribution in [0.15, 0.2) is 48.6 Å². The van der Waals surface area contributed by atoms with Gasteiger partial charge in [0.2, 0.25) is 0 Å². The standard InChI is InChI=1S/C26H33NO6/c1-6-8-23(32-17-21-10-12-22(30-5)13-11-21)9-7-14-31-26(29)27-33-25(28)24-19(3)15-18(2)16-20(24)4/h7,9-13,15-16,23H,6,8,14,17H2,1-5H3,(H,27,29)/b9-7-. The highest BCUT2D eigenvalue weighted by Crippen LogP contribution is 2.17. The molecular formula is C26H33NO6. The molecule has 0 aliphatic rings. The Balaban J connectivity index is 1.76. The van der Waals surface area contributed by atoms with Crippen molar-refractivity contribution in [1.29, 1.82) is 0 Å². The van der Waals surface area contributed by atoms with E-state index in [-0.39, 0.29) is 12.7 Å². The lowest BCUT2D eigenvalue weighted by atomic mass is 10.0. The van der Waals surface area contributed by atoms with Gasteiger partial charge < -0.3 is 19.0 Å². The van der Waals surface area contributed by atoms with E-state index < -0.39 is 12.1 Å². The quantitative estimate of drug-likeness (QED) is 0.384. The number of benzene rings is 2. The van der Waals surface area contributed by atoms with Crippen LogP contribution in [0.5, 0.6) is 5.75 Å². The van der Waals surface area contributed by atoms with E-state index in [9.17, 15) is 9.59 Å². The molecule has 0 aliphatic carbocycles. The summed E-state index contributed by atoms with van der Waals surface area (Å²) in [5.74, 6) is 0.168. The normalized spacial score (nSPS) is 11.8. The first kappa shape index (κ1) is 25.9. The summed E-state index contributed by atoms with van der Waals surface area (Å²) in [6.07, 6.45) is 4.42. The van der Waals surface area contributed by atoms with Gasteiger partial charge in [0.15, 0.2) is 0 Å². The molecule has 1 amide bonds. The lowest BCUT2D eigenvalue weighted by Gasteiger charge is -2.14. The Morgan fingerprint density at radius 1 is 1.06 bits per heavy atom. The van der Waals surface area contributed by atoms with Crippen molar-refractivity contribution in [3.63, 3.8) is 0 Å². The van der Waals surface area contributed by atoms with Gasteiger partial charge in [0.1, 0.15) is 12.4 Å². The van der Waals surface area contributed by atoms with Crippen LogP contribution < -0.4 is 10.2 Å². The smallest absolute Gasteiger partial charge is 0.441 e. The maximum atomic E-state index is 12.3. The number of carbonyl (C=O) groups is 2. The van der Waals surface area contributed by atoms with E-state index in [0.717, 1.165) is 40.8 Å². The van der Waals surface area contributed by atoms with Crippen molar-refractivity contribution in [3.05, 3.63) is 76.4 Å². The van der Waals surface area contributed by atoms with E-state index in [2.05, 4.69) is 6.92 Å². The van der Waals surface area contributed by atoms with E-state index in [1.165, 1.54) is 0 Å². The van der Waals surface area contributed by atoms with Crippen LogP contribution in [0, 0.1) is 20.8 Å². The van der Waals surface area contributed by atoms with Crippen molar-refractivity contribution >= 4 is 12.1 Å².